The number of hydrogen-bond donors (Lipinski definition) is 0. The Morgan fingerprint density at radius 1 is 1.55 bits per heavy atom. The lowest BCUT2D eigenvalue weighted by Crippen LogP contribution is -1.82. The molecule has 1 unspecified atom stereocenters. The Kier molecular flexibility index (Phi) is 2.25. The van der Waals surface area contributed by atoms with Crippen LogP contribution in [0.5, 0.6) is 0 Å². The largest absolute Gasteiger partial charge is 0.198 e. The van der Waals surface area contributed by atoms with Crippen molar-refractivity contribution in [3.63, 3.8) is 0 Å². The zero-order chi connectivity index (χ0) is 8.27. The van der Waals surface area contributed by atoms with Crippen LogP contribution in [0.25, 0.3) is 0 Å². The third-order valence-corrected chi connectivity index (χ3v) is 2.48. The summed E-state index contributed by atoms with van der Waals surface area (Å²) >= 11 is 1.46. The molecule has 1 aromatic rings. The van der Waals surface area contributed by atoms with Gasteiger partial charge in [0.15, 0.2) is 0 Å². The van der Waals surface area contributed by atoms with E-state index >= 15 is 0 Å². The monoisotopic (exact) mass is 162 g/mol. The summed E-state index contributed by atoms with van der Waals surface area (Å²) in [5.41, 5.74) is 0.645. The summed E-state index contributed by atoms with van der Waals surface area (Å²) in [6, 6.07) is 5.91. The second kappa shape index (κ2) is 3.18. The van der Waals surface area contributed by atoms with Gasteiger partial charge in [-0.3, -0.25) is 0 Å². The molecule has 1 rings (SSSR count). The molecular weight excluding hydrogens is 156 g/mol. The van der Waals surface area contributed by atoms with Gasteiger partial charge in [-0.05, 0) is 13.0 Å². The minimum Gasteiger partial charge on any atom is -0.198 e. The van der Waals surface area contributed by atoms with Gasteiger partial charge in [-0.1, -0.05) is 0 Å². The van der Waals surface area contributed by atoms with Gasteiger partial charge < -0.3 is 0 Å². The first-order valence-corrected chi connectivity index (χ1v) is 4.04. The highest BCUT2D eigenvalue weighted by Crippen LogP contribution is 2.22. The Bertz CT molecular complexity index is 327. The van der Waals surface area contributed by atoms with Gasteiger partial charge in [0.25, 0.3) is 0 Å². The molecule has 0 saturated heterocycles. The van der Waals surface area contributed by atoms with Crippen molar-refractivity contribution >= 4 is 11.3 Å². The van der Waals surface area contributed by atoms with E-state index in [0.717, 1.165) is 4.88 Å². The van der Waals surface area contributed by atoms with Crippen LogP contribution in [0.2, 0.25) is 0 Å². The Balaban J connectivity index is 2.93. The van der Waals surface area contributed by atoms with Gasteiger partial charge in [-0.15, -0.1) is 11.3 Å². The number of thiophene rings is 1. The molecular formula is C8H6N2S. The first-order chi connectivity index (χ1) is 5.27. The topological polar surface area (TPSA) is 47.6 Å². The molecule has 1 heterocycles. The lowest BCUT2D eigenvalue weighted by molar-refractivity contribution is 1.01. The molecule has 0 bridgehead atoms. The number of nitrogens with zero attached hydrogens (tertiary/aromatic N) is 2. The smallest absolute Gasteiger partial charge is 0.100 e. The van der Waals surface area contributed by atoms with Crippen molar-refractivity contribution in [2.45, 2.75) is 12.8 Å². The van der Waals surface area contributed by atoms with E-state index < -0.39 is 0 Å². The van der Waals surface area contributed by atoms with Crippen molar-refractivity contribution in [2.24, 2.45) is 0 Å². The molecule has 2 nitrogen and oxygen atoms in total. The molecule has 0 aliphatic heterocycles. The maximum atomic E-state index is 8.54. The molecule has 3 heteroatoms. The summed E-state index contributed by atoms with van der Waals surface area (Å²) < 4.78 is 0. The SMILES string of the molecule is CC(C#N)c1cc(C#N)cs1. The highest BCUT2D eigenvalue weighted by molar-refractivity contribution is 7.10. The van der Waals surface area contributed by atoms with Crippen LogP contribution in [0.3, 0.4) is 0 Å². The van der Waals surface area contributed by atoms with Crippen LogP contribution in [0, 0.1) is 22.7 Å². The third kappa shape index (κ3) is 1.58. The Morgan fingerprint density at radius 2 is 2.27 bits per heavy atom. The molecule has 0 aliphatic rings. The number of rotatable bonds is 1. The first kappa shape index (κ1) is 7.78. The summed E-state index contributed by atoms with van der Waals surface area (Å²) in [7, 11) is 0. The second-order valence-electron chi connectivity index (χ2n) is 2.20. The molecule has 0 amide bonds. The quantitative estimate of drug-likeness (QED) is 0.635. The Morgan fingerprint density at radius 3 is 2.73 bits per heavy atom. The molecule has 0 saturated carbocycles. The van der Waals surface area contributed by atoms with Crippen LogP contribution >= 0.6 is 11.3 Å². The van der Waals surface area contributed by atoms with Gasteiger partial charge in [0.05, 0.1) is 17.6 Å². The van der Waals surface area contributed by atoms with Crippen LogP contribution < -0.4 is 0 Å². The first-order valence-electron chi connectivity index (χ1n) is 3.16. The van der Waals surface area contributed by atoms with Crippen LogP contribution in [-0.2, 0) is 0 Å². The standard InChI is InChI=1S/C8H6N2S/c1-6(3-9)8-2-7(4-10)5-11-8/h2,5-6H,1H3. The summed E-state index contributed by atoms with van der Waals surface area (Å²) in [6.45, 7) is 1.83. The molecule has 0 aromatic carbocycles. The predicted octanol–water partition coefficient (Wildman–Crippen LogP) is 2.25. The lowest BCUT2D eigenvalue weighted by atomic mass is 10.1. The zero-order valence-corrected chi connectivity index (χ0v) is 6.85. The lowest BCUT2D eigenvalue weighted by Gasteiger charge is -1.92. The molecule has 0 aliphatic carbocycles. The van der Waals surface area contributed by atoms with E-state index in [1.54, 1.807) is 11.4 Å². The van der Waals surface area contributed by atoms with Crippen molar-refractivity contribution in [1.29, 1.82) is 10.5 Å². The molecule has 54 valence electrons. The van der Waals surface area contributed by atoms with Crippen molar-refractivity contribution in [1.82, 2.24) is 0 Å². The normalized spacial score (nSPS) is 11.5. The van der Waals surface area contributed by atoms with E-state index in [-0.39, 0.29) is 5.92 Å². The summed E-state index contributed by atoms with van der Waals surface area (Å²) in [5, 5.41) is 18.8. The summed E-state index contributed by atoms with van der Waals surface area (Å²) in [5.74, 6) is -0.0953. The number of nitriles is 2. The van der Waals surface area contributed by atoms with Gasteiger partial charge >= 0.3 is 0 Å². The fourth-order valence-corrected chi connectivity index (χ4v) is 1.54. The highest BCUT2D eigenvalue weighted by Gasteiger charge is 2.06. The third-order valence-electron chi connectivity index (χ3n) is 1.37. The molecule has 11 heavy (non-hydrogen) atoms. The number of hydrogen-bond acceptors (Lipinski definition) is 3. The Labute approximate surface area is 69.3 Å². The fourth-order valence-electron chi connectivity index (χ4n) is 0.702. The maximum Gasteiger partial charge on any atom is 0.100 e. The molecule has 1 aromatic heterocycles. The molecule has 1 atom stereocenters. The van der Waals surface area contributed by atoms with Crippen molar-refractivity contribution in [3.8, 4) is 12.1 Å². The predicted molar refractivity (Wildman–Crippen MR) is 43.1 cm³/mol. The van der Waals surface area contributed by atoms with Crippen molar-refractivity contribution in [3.05, 3.63) is 21.9 Å². The van der Waals surface area contributed by atoms with Gasteiger partial charge in [-0.25, -0.2) is 0 Å². The van der Waals surface area contributed by atoms with E-state index in [0.29, 0.717) is 5.56 Å². The van der Waals surface area contributed by atoms with Crippen molar-refractivity contribution < 1.29 is 0 Å². The molecule has 0 fully saturated rings. The van der Waals surface area contributed by atoms with Gasteiger partial charge in [-0.2, -0.15) is 10.5 Å². The van der Waals surface area contributed by atoms with Crippen molar-refractivity contribution in [2.75, 3.05) is 0 Å². The van der Waals surface area contributed by atoms with E-state index in [9.17, 15) is 0 Å². The Hall–Kier alpha value is -1.32. The van der Waals surface area contributed by atoms with E-state index in [1.807, 2.05) is 13.0 Å². The fraction of sp³-hybridized carbons (Fsp3) is 0.250. The van der Waals surface area contributed by atoms with E-state index in [1.165, 1.54) is 11.3 Å². The summed E-state index contributed by atoms with van der Waals surface area (Å²) in [4.78, 5) is 0.962. The van der Waals surface area contributed by atoms with Crippen LogP contribution in [0.4, 0.5) is 0 Å². The van der Waals surface area contributed by atoms with Crippen LogP contribution in [0.1, 0.15) is 23.3 Å². The minimum atomic E-state index is -0.0953. The van der Waals surface area contributed by atoms with Crippen LogP contribution in [0.15, 0.2) is 11.4 Å². The second-order valence-corrected chi connectivity index (χ2v) is 3.14. The average molecular weight is 162 g/mol. The molecule has 0 spiro atoms. The van der Waals surface area contributed by atoms with Gasteiger partial charge in [0, 0.05) is 10.3 Å². The maximum absolute atomic E-state index is 8.54. The molecule has 0 N–H and O–H groups in total. The van der Waals surface area contributed by atoms with Gasteiger partial charge in [0.1, 0.15) is 6.07 Å². The summed E-state index contributed by atoms with van der Waals surface area (Å²) in [6.07, 6.45) is 0. The molecule has 0 radical (unpaired) electrons. The zero-order valence-electron chi connectivity index (χ0n) is 6.03. The minimum absolute atomic E-state index is 0.0953. The van der Waals surface area contributed by atoms with Crippen LogP contribution in [-0.4, -0.2) is 0 Å². The van der Waals surface area contributed by atoms with E-state index in [4.69, 9.17) is 10.5 Å². The highest BCUT2D eigenvalue weighted by atomic mass is 32.1. The van der Waals surface area contributed by atoms with E-state index in [2.05, 4.69) is 6.07 Å². The average Bonchev–Trinajstić information content (AvgIpc) is 2.50. The van der Waals surface area contributed by atoms with Gasteiger partial charge in [0.2, 0.25) is 0 Å².